The Morgan fingerprint density at radius 2 is 1.91 bits per heavy atom. The molecule has 1 amide bonds. The van der Waals surface area contributed by atoms with Crippen molar-refractivity contribution in [2.45, 2.75) is 61.7 Å². The number of amides is 1. The van der Waals surface area contributed by atoms with Gasteiger partial charge in [0.2, 0.25) is 0 Å². The van der Waals surface area contributed by atoms with Crippen LogP contribution in [0.3, 0.4) is 0 Å². The van der Waals surface area contributed by atoms with E-state index in [2.05, 4.69) is 16.3 Å². The standard InChI is InChI=1S/C28H32N2O4.ClH/c31-20-3-1-2-18(12-20)26(33)29-16-27-10-8-24(34-27)28-14-19-6-7-21(32)13-23(19)22(25(27)28)9-11-30(28)15-17-4-5-17;/h1-3,6-7,12-13,17,22,24-25,31-32H,4-5,8-11,14-16H2,(H,29,33);1H/t22?,24?,25?,27-,28?;/m0./s1. The van der Waals surface area contributed by atoms with Crippen LogP contribution in [-0.2, 0) is 11.2 Å². The number of hydrogen-bond acceptors (Lipinski definition) is 5. The molecule has 0 aromatic heterocycles. The first-order valence-corrected chi connectivity index (χ1v) is 12.8. The molecule has 5 atom stereocenters. The molecule has 7 rings (SSSR count). The lowest BCUT2D eigenvalue weighted by atomic mass is 9.52. The molecule has 2 aromatic carbocycles. The summed E-state index contributed by atoms with van der Waals surface area (Å²) in [6.07, 6.45) is 6.85. The van der Waals surface area contributed by atoms with Crippen molar-refractivity contribution in [3.63, 3.8) is 0 Å². The molecule has 6 nitrogen and oxygen atoms in total. The summed E-state index contributed by atoms with van der Waals surface area (Å²) < 4.78 is 6.95. The zero-order chi connectivity index (χ0) is 23.1. The third-order valence-corrected chi connectivity index (χ3v) is 9.41. The highest BCUT2D eigenvalue weighted by Gasteiger charge is 2.73. The molecule has 3 saturated heterocycles. The number of carbonyl (C=O) groups excluding carboxylic acids is 1. The van der Waals surface area contributed by atoms with E-state index in [1.54, 1.807) is 18.2 Å². The van der Waals surface area contributed by atoms with Crippen molar-refractivity contribution in [1.29, 1.82) is 0 Å². The highest BCUT2D eigenvalue weighted by Crippen LogP contribution is 2.66. The van der Waals surface area contributed by atoms with E-state index < -0.39 is 5.60 Å². The molecule has 0 radical (unpaired) electrons. The molecule has 3 N–H and O–H groups in total. The Labute approximate surface area is 212 Å². The number of piperidine rings is 1. The summed E-state index contributed by atoms with van der Waals surface area (Å²) in [6, 6.07) is 12.4. The van der Waals surface area contributed by atoms with E-state index in [4.69, 9.17) is 4.74 Å². The van der Waals surface area contributed by atoms with Crippen molar-refractivity contribution in [2.24, 2.45) is 11.8 Å². The van der Waals surface area contributed by atoms with E-state index in [0.717, 1.165) is 44.7 Å². The zero-order valence-corrected chi connectivity index (χ0v) is 20.6. The van der Waals surface area contributed by atoms with Gasteiger partial charge in [0.25, 0.3) is 5.91 Å². The fraction of sp³-hybridized carbons (Fsp3) is 0.536. The molecule has 2 aliphatic carbocycles. The number of carbonyl (C=O) groups is 1. The maximum absolute atomic E-state index is 13.0. The second kappa shape index (κ2) is 8.12. The molecule has 35 heavy (non-hydrogen) atoms. The molecule has 0 spiro atoms. The number of ether oxygens (including phenoxy) is 1. The van der Waals surface area contributed by atoms with Crippen LogP contribution in [0.2, 0.25) is 0 Å². The maximum Gasteiger partial charge on any atom is 0.251 e. The lowest BCUT2D eigenvalue weighted by Crippen LogP contribution is -2.70. The van der Waals surface area contributed by atoms with E-state index in [0.29, 0.717) is 29.7 Å². The van der Waals surface area contributed by atoms with Crippen molar-refractivity contribution in [1.82, 2.24) is 10.2 Å². The molecular formula is C28H33ClN2O4. The Morgan fingerprint density at radius 1 is 1.09 bits per heavy atom. The third kappa shape index (κ3) is 3.40. The lowest BCUT2D eigenvalue weighted by molar-refractivity contribution is -0.0545. The zero-order valence-electron chi connectivity index (χ0n) is 19.8. The van der Waals surface area contributed by atoms with Gasteiger partial charge < -0.3 is 20.3 Å². The Bertz CT molecular complexity index is 1170. The van der Waals surface area contributed by atoms with Crippen molar-refractivity contribution >= 4 is 18.3 Å². The molecular weight excluding hydrogens is 464 g/mol. The van der Waals surface area contributed by atoms with Gasteiger partial charge in [-0.25, -0.2) is 0 Å². The van der Waals surface area contributed by atoms with Gasteiger partial charge in [-0.2, -0.15) is 0 Å². The molecule has 186 valence electrons. The number of phenols is 2. The first kappa shape index (κ1) is 23.1. The summed E-state index contributed by atoms with van der Waals surface area (Å²) in [5.74, 6) is 1.69. The second-order valence-corrected chi connectivity index (χ2v) is 11.3. The molecule has 5 aliphatic rings. The Kier molecular flexibility index (Phi) is 5.37. The van der Waals surface area contributed by atoms with Crippen molar-refractivity contribution in [3.8, 4) is 11.5 Å². The normalized spacial score (nSPS) is 34.6. The van der Waals surface area contributed by atoms with E-state index in [-0.39, 0.29) is 35.7 Å². The van der Waals surface area contributed by atoms with Gasteiger partial charge >= 0.3 is 0 Å². The van der Waals surface area contributed by atoms with Crippen LogP contribution in [0.4, 0.5) is 0 Å². The van der Waals surface area contributed by atoms with E-state index >= 15 is 0 Å². The van der Waals surface area contributed by atoms with Crippen LogP contribution in [0.5, 0.6) is 11.5 Å². The minimum absolute atomic E-state index is 0. The van der Waals surface area contributed by atoms with Gasteiger partial charge in [-0.3, -0.25) is 9.69 Å². The minimum atomic E-state index is -0.396. The van der Waals surface area contributed by atoms with Gasteiger partial charge in [0, 0.05) is 24.6 Å². The van der Waals surface area contributed by atoms with Crippen LogP contribution in [0, 0.1) is 11.8 Å². The van der Waals surface area contributed by atoms with E-state index in [1.165, 1.54) is 30.0 Å². The fourth-order valence-corrected chi connectivity index (χ4v) is 7.95. The van der Waals surface area contributed by atoms with Crippen LogP contribution in [-0.4, -0.2) is 57.9 Å². The van der Waals surface area contributed by atoms with Crippen LogP contribution >= 0.6 is 12.4 Å². The van der Waals surface area contributed by atoms with Crippen molar-refractivity contribution in [2.75, 3.05) is 19.6 Å². The number of fused-ring (bicyclic) bond motifs is 4. The highest BCUT2D eigenvalue weighted by molar-refractivity contribution is 5.94. The number of halogens is 1. The van der Waals surface area contributed by atoms with Crippen LogP contribution in [0.25, 0.3) is 0 Å². The summed E-state index contributed by atoms with van der Waals surface area (Å²) >= 11 is 0. The molecule has 4 bridgehead atoms. The summed E-state index contributed by atoms with van der Waals surface area (Å²) in [5.41, 5.74) is 2.68. The molecule has 4 fully saturated rings. The molecule has 1 saturated carbocycles. The largest absolute Gasteiger partial charge is 0.508 e. The fourth-order valence-electron chi connectivity index (χ4n) is 7.95. The summed E-state index contributed by atoms with van der Waals surface area (Å²) in [7, 11) is 0. The molecule has 2 aromatic rings. The average Bonchev–Trinajstić information content (AvgIpc) is 3.47. The van der Waals surface area contributed by atoms with Gasteiger partial charge in [-0.05, 0) is 98.4 Å². The minimum Gasteiger partial charge on any atom is -0.508 e. The van der Waals surface area contributed by atoms with Crippen LogP contribution in [0.1, 0.15) is 59.5 Å². The summed E-state index contributed by atoms with van der Waals surface area (Å²) in [6.45, 7) is 2.72. The van der Waals surface area contributed by atoms with Crippen LogP contribution < -0.4 is 5.32 Å². The lowest BCUT2D eigenvalue weighted by Gasteiger charge is -2.60. The predicted molar refractivity (Wildman–Crippen MR) is 134 cm³/mol. The number of likely N-dealkylation sites (tertiary alicyclic amines) is 1. The smallest absolute Gasteiger partial charge is 0.251 e. The molecule has 7 heteroatoms. The predicted octanol–water partition coefficient (Wildman–Crippen LogP) is 3.99. The molecule has 3 aliphatic heterocycles. The molecule has 4 unspecified atom stereocenters. The van der Waals surface area contributed by atoms with Gasteiger partial charge in [0.05, 0.1) is 17.2 Å². The SMILES string of the molecule is Cl.O=C(NC[C@]12CCC(O1)C13Cc4ccc(O)cc4C(CCN1CC1CC1)C32)c1cccc(O)c1. The van der Waals surface area contributed by atoms with Crippen LogP contribution in [0.15, 0.2) is 42.5 Å². The van der Waals surface area contributed by atoms with Crippen molar-refractivity contribution in [3.05, 3.63) is 59.2 Å². The second-order valence-electron chi connectivity index (χ2n) is 11.3. The van der Waals surface area contributed by atoms with E-state index in [9.17, 15) is 15.0 Å². The third-order valence-electron chi connectivity index (χ3n) is 9.41. The topological polar surface area (TPSA) is 82.0 Å². The van der Waals surface area contributed by atoms with Gasteiger partial charge in [-0.15, -0.1) is 12.4 Å². The number of nitrogens with one attached hydrogen (secondary N) is 1. The molecule has 3 heterocycles. The van der Waals surface area contributed by atoms with Crippen molar-refractivity contribution < 1.29 is 19.7 Å². The number of phenolic OH excluding ortho intramolecular Hbond substituents is 2. The van der Waals surface area contributed by atoms with E-state index in [1.807, 2.05) is 12.1 Å². The number of benzene rings is 2. The number of aromatic hydroxyl groups is 2. The van der Waals surface area contributed by atoms with Gasteiger partial charge in [0.1, 0.15) is 11.5 Å². The quantitative estimate of drug-likeness (QED) is 0.583. The average molecular weight is 497 g/mol. The maximum atomic E-state index is 13.0. The number of rotatable bonds is 5. The Balaban J connectivity index is 0.00000229. The first-order chi connectivity index (χ1) is 16.5. The summed E-state index contributed by atoms with van der Waals surface area (Å²) in [5, 5.41) is 23.3. The van der Waals surface area contributed by atoms with Gasteiger partial charge in [0.15, 0.2) is 0 Å². The number of nitrogens with zero attached hydrogens (tertiary/aromatic N) is 1. The first-order valence-electron chi connectivity index (χ1n) is 12.8. The Hall–Kier alpha value is -2.28. The monoisotopic (exact) mass is 496 g/mol. The van der Waals surface area contributed by atoms with Gasteiger partial charge in [-0.1, -0.05) is 12.1 Å². The number of hydrogen-bond donors (Lipinski definition) is 3. The Morgan fingerprint density at radius 3 is 2.71 bits per heavy atom. The summed E-state index contributed by atoms with van der Waals surface area (Å²) in [4.78, 5) is 15.7. The highest BCUT2D eigenvalue weighted by atomic mass is 35.5.